The summed E-state index contributed by atoms with van der Waals surface area (Å²) in [4.78, 5) is 19.1. The van der Waals surface area contributed by atoms with Crippen LogP contribution < -0.4 is 15.5 Å². The highest BCUT2D eigenvalue weighted by atomic mass is 16.5. The van der Waals surface area contributed by atoms with E-state index in [1.807, 2.05) is 36.5 Å². The second-order valence-electron chi connectivity index (χ2n) is 6.36. The number of hydrogen-bond acceptors (Lipinski definition) is 5. The van der Waals surface area contributed by atoms with Crippen molar-refractivity contribution < 1.29 is 9.53 Å². The molecule has 1 aromatic heterocycles. The molecule has 1 fully saturated rings. The summed E-state index contributed by atoms with van der Waals surface area (Å²) in [5.74, 6) is 0.913. The zero-order chi connectivity index (χ0) is 17.1. The molecule has 1 saturated heterocycles. The highest BCUT2D eigenvalue weighted by molar-refractivity contribution is 5.95. The maximum absolute atomic E-state index is 12.4. The minimum atomic E-state index is -0.0491. The number of ether oxygens (including phenoxy) is 1. The molecule has 0 radical (unpaired) electrons. The first-order chi connectivity index (χ1) is 12.3. The van der Waals surface area contributed by atoms with E-state index in [0.717, 1.165) is 56.3 Å². The molecule has 0 bridgehead atoms. The number of carbonyl (C=O) groups is 1. The van der Waals surface area contributed by atoms with Gasteiger partial charge in [-0.15, -0.1) is 0 Å². The van der Waals surface area contributed by atoms with Crippen LogP contribution in [-0.4, -0.2) is 43.7 Å². The number of nitrogens with one attached hydrogen (secondary N) is 2. The smallest absolute Gasteiger partial charge is 0.251 e. The molecule has 3 heterocycles. The van der Waals surface area contributed by atoms with Crippen LogP contribution in [0.5, 0.6) is 0 Å². The van der Waals surface area contributed by atoms with Crippen molar-refractivity contribution in [3.63, 3.8) is 0 Å². The lowest BCUT2D eigenvalue weighted by atomic mass is 10.1. The standard InChI is InChI=1S/C19H22N4O2/c24-19(16-2-3-17-15(11-16)5-6-20-17)22-13-14-1-4-18(21-12-14)23-7-9-25-10-8-23/h1-4,11-12,20H,5-10,13H2,(H,22,24). The topological polar surface area (TPSA) is 66.5 Å². The maximum atomic E-state index is 12.4. The maximum Gasteiger partial charge on any atom is 0.251 e. The van der Waals surface area contributed by atoms with Crippen molar-refractivity contribution in [2.24, 2.45) is 0 Å². The van der Waals surface area contributed by atoms with E-state index in [-0.39, 0.29) is 5.91 Å². The number of benzene rings is 1. The van der Waals surface area contributed by atoms with Crippen LogP contribution in [-0.2, 0) is 17.7 Å². The molecule has 0 aliphatic carbocycles. The Hall–Kier alpha value is -2.60. The Bertz CT molecular complexity index is 755. The van der Waals surface area contributed by atoms with Crippen molar-refractivity contribution in [1.82, 2.24) is 10.3 Å². The SMILES string of the molecule is O=C(NCc1ccc(N2CCOCC2)nc1)c1ccc2c(c1)CCN2. The van der Waals surface area contributed by atoms with Crippen molar-refractivity contribution in [3.05, 3.63) is 53.2 Å². The normalized spacial score (nSPS) is 16.2. The van der Waals surface area contributed by atoms with Crippen LogP contribution in [0.25, 0.3) is 0 Å². The summed E-state index contributed by atoms with van der Waals surface area (Å²) >= 11 is 0. The van der Waals surface area contributed by atoms with E-state index in [1.165, 1.54) is 5.56 Å². The third-order valence-electron chi connectivity index (χ3n) is 4.67. The predicted molar refractivity (Wildman–Crippen MR) is 97.1 cm³/mol. The molecule has 130 valence electrons. The molecule has 2 aliphatic rings. The van der Waals surface area contributed by atoms with E-state index in [1.54, 1.807) is 0 Å². The van der Waals surface area contributed by atoms with Gasteiger partial charge in [0.2, 0.25) is 0 Å². The lowest BCUT2D eigenvalue weighted by Gasteiger charge is -2.27. The van der Waals surface area contributed by atoms with Crippen LogP contribution >= 0.6 is 0 Å². The summed E-state index contributed by atoms with van der Waals surface area (Å²) in [6, 6.07) is 9.85. The van der Waals surface area contributed by atoms with Gasteiger partial charge in [0, 0.05) is 43.6 Å². The minimum absolute atomic E-state index is 0.0491. The largest absolute Gasteiger partial charge is 0.384 e. The molecule has 6 heteroatoms. The number of rotatable bonds is 4. The first kappa shape index (κ1) is 15.9. The number of hydrogen-bond donors (Lipinski definition) is 2. The minimum Gasteiger partial charge on any atom is -0.384 e. The molecule has 2 aliphatic heterocycles. The molecule has 0 saturated carbocycles. The molecule has 0 atom stereocenters. The van der Waals surface area contributed by atoms with E-state index in [2.05, 4.69) is 20.5 Å². The average Bonchev–Trinajstić information content (AvgIpc) is 3.15. The second kappa shape index (κ2) is 7.11. The van der Waals surface area contributed by atoms with Crippen LogP contribution in [0, 0.1) is 0 Å². The molecule has 2 aromatic rings. The Labute approximate surface area is 147 Å². The Balaban J connectivity index is 1.35. The number of morpholine rings is 1. The molecule has 0 unspecified atom stereocenters. The summed E-state index contributed by atoms with van der Waals surface area (Å²) in [6.07, 6.45) is 2.81. The number of nitrogens with zero attached hydrogens (tertiary/aromatic N) is 2. The Kier molecular flexibility index (Phi) is 4.52. The van der Waals surface area contributed by atoms with Crippen molar-refractivity contribution in [3.8, 4) is 0 Å². The quantitative estimate of drug-likeness (QED) is 0.890. The first-order valence-corrected chi connectivity index (χ1v) is 8.72. The van der Waals surface area contributed by atoms with Crippen molar-refractivity contribution in [1.29, 1.82) is 0 Å². The fraction of sp³-hybridized carbons (Fsp3) is 0.368. The number of anilines is 2. The van der Waals surface area contributed by atoms with E-state index in [9.17, 15) is 4.79 Å². The van der Waals surface area contributed by atoms with Gasteiger partial charge in [-0.05, 0) is 41.8 Å². The van der Waals surface area contributed by atoms with Crippen LogP contribution in [0.2, 0.25) is 0 Å². The average molecular weight is 338 g/mol. The number of carbonyl (C=O) groups excluding carboxylic acids is 1. The molecular weight excluding hydrogens is 316 g/mol. The van der Waals surface area contributed by atoms with Gasteiger partial charge in [0.05, 0.1) is 13.2 Å². The van der Waals surface area contributed by atoms with Gasteiger partial charge in [-0.2, -0.15) is 0 Å². The summed E-state index contributed by atoms with van der Waals surface area (Å²) in [5, 5.41) is 6.28. The Morgan fingerprint density at radius 2 is 2.12 bits per heavy atom. The zero-order valence-electron chi connectivity index (χ0n) is 14.1. The van der Waals surface area contributed by atoms with Gasteiger partial charge in [0.15, 0.2) is 0 Å². The molecule has 2 N–H and O–H groups in total. The third-order valence-corrected chi connectivity index (χ3v) is 4.67. The van der Waals surface area contributed by atoms with E-state index in [4.69, 9.17) is 4.74 Å². The van der Waals surface area contributed by atoms with Crippen LogP contribution in [0.3, 0.4) is 0 Å². The van der Waals surface area contributed by atoms with Gasteiger partial charge in [0.25, 0.3) is 5.91 Å². The second-order valence-corrected chi connectivity index (χ2v) is 6.36. The van der Waals surface area contributed by atoms with E-state index in [0.29, 0.717) is 12.1 Å². The fourth-order valence-corrected chi connectivity index (χ4v) is 3.23. The molecule has 25 heavy (non-hydrogen) atoms. The molecule has 1 amide bonds. The van der Waals surface area contributed by atoms with Gasteiger partial charge in [-0.1, -0.05) is 6.07 Å². The predicted octanol–water partition coefficient (Wildman–Crippen LogP) is 1.82. The van der Waals surface area contributed by atoms with Crippen LogP contribution in [0.4, 0.5) is 11.5 Å². The van der Waals surface area contributed by atoms with E-state index < -0.39 is 0 Å². The third kappa shape index (κ3) is 3.58. The Morgan fingerprint density at radius 1 is 1.24 bits per heavy atom. The van der Waals surface area contributed by atoms with Gasteiger partial charge in [-0.3, -0.25) is 4.79 Å². The molecule has 4 rings (SSSR count). The lowest BCUT2D eigenvalue weighted by Crippen LogP contribution is -2.36. The molecular formula is C19H22N4O2. The van der Waals surface area contributed by atoms with E-state index >= 15 is 0 Å². The van der Waals surface area contributed by atoms with Crippen molar-refractivity contribution in [2.75, 3.05) is 43.1 Å². The monoisotopic (exact) mass is 338 g/mol. The molecule has 6 nitrogen and oxygen atoms in total. The van der Waals surface area contributed by atoms with Gasteiger partial charge < -0.3 is 20.3 Å². The molecule has 1 aromatic carbocycles. The van der Waals surface area contributed by atoms with Gasteiger partial charge in [0.1, 0.15) is 5.82 Å². The van der Waals surface area contributed by atoms with Gasteiger partial charge in [-0.25, -0.2) is 4.98 Å². The fourth-order valence-electron chi connectivity index (χ4n) is 3.23. The van der Waals surface area contributed by atoms with Crippen LogP contribution in [0.15, 0.2) is 36.5 Å². The summed E-state index contributed by atoms with van der Waals surface area (Å²) < 4.78 is 5.36. The highest BCUT2D eigenvalue weighted by Gasteiger charge is 2.14. The number of pyridine rings is 1. The summed E-state index contributed by atoms with van der Waals surface area (Å²) in [6.45, 7) is 4.66. The van der Waals surface area contributed by atoms with Gasteiger partial charge >= 0.3 is 0 Å². The number of amides is 1. The van der Waals surface area contributed by atoms with Crippen LogP contribution in [0.1, 0.15) is 21.5 Å². The lowest BCUT2D eigenvalue weighted by molar-refractivity contribution is 0.0951. The summed E-state index contributed by atoms with van der Waals surface area (Å²) in [7, 11) is 0. The number of aromatic nitrogens is 1. The first-order valence-electron chi connectivity index (χ1n) is 8.72. The zero-order valence-corrected chi connectivity index (χ0v) is 14.1. The number of fused-ring (bicyclic) bond motifs is 1. The Morgan fingerprint density at radius 3 is 2.92 bits per heavy atom. The van der Waals surface area contributed by atoms with Crippen molar-refractivity contribution in [2.45, 2.75) is 13.0 Å². The molecule has 0 spiro atoms. The van der Waals surface area contributed by atoms with Crippen molar-refractivity contribution >= 4 is 17.4 Å². The highest BCUT2D eigenvalue weighted by Crippen LogP contribution is 2.23. The summed E-state index contributed by atoms with van der Waals surface area (Å²) in [5.41, 5.74) is 4.05.